The fourth-order valence-electron chi connectivity index (χ4n) is 1.48. The lowest BCUT2D eigenvalue weighted by Crippen LogP contribution is -2.04. The molecule has 0 saturated heterocycles. The van der Waals surface area contributed by atoms with E-state index in [1.165, 1.54) is 12.1 Å². The number of alkyl halides is 3. The first-order chi connectivity index (χ1) is 7.97. The van der Waals surface area contributed by atoms with E-state index in [0.717, 1.165) is 23.4 Å². The van der Waals surface area contributed by atoms with E-state index in [9.17, 15) is 13.2 Å². The van der Waals surface area contributed by atoms with E-state index >= 15 is 0 Å². The molecule has 2 nitrogen and oxygen atoms in total. The van der Waals surface area contributed by atoms with Crippen LogP contribution in [-0.4, -0.2) is 12.3 Å². The SMILES string of the molecule is CC1=NOC/C1=C/c1ccc(C(F)(F)F)cc1. The van der Waals surface area contributed by atoms with Crippen molar-refractivity contribution in [3.63, 3.8) is 0 Å². The quantitative estimate of drug-likeness (QED) is 0.737. The van der Waals surface area contributed by atoms with Crippen molar-refractivity contribution in [2.24, 2.45) is 5.16 Å². The fourth-order valence-corrected chi connectivity index (χ4v) is 1.48. The molecular formula is C12H10F3NO. The third kappa shape index (κ3) is 2.67. The summed E-state index contributed by atoms with van der Waals surface area (Å²) in [5.74, 6) is 0. The Balaban J connectivity index is 2.22. The standard InChI is InChI=1S/C12H10F3NO/c1-8-10(7-17-16-8)6-9-2-4-11(5-3-9)12(13,14)15/h2-6H,7H2,1H3/b10-6-. The molecular weight excluding hydrogens is 231 g/mol. The molecule has 0 radical (unpaired) electrons. The number of hydrogen-bond donors (Lipinski definition) is 0. The number of nitrogens with zero attached hydrogens (tertiary/aromatic N) is 1. The maximum atomic E-state index is 12.3. The Kier molecular flexibility index (Phi) is 2.92. The second-order valence-electron chi connectivity index (χ2n) is 3.74. The average molecular weight is 241 g/mol. The Labute approximate surface area is 96.4 Å². The number of benzene rings is 1. The molecule has 1 aliphatic heterocycles. The molecule has 0 aromatic heterocycles. The Morgan fingerprint density at radius 3 is 2.35 bits per heavy atom. The molecule has 0 bridgehead atoms. The monoisotopic (exact) mass is 241 g/mol. The smallest absolute Gasteiger partial charge is 0.391 e. The molecule has 0 spiro atoms. The Morgan fingerprint density at radius 2 is 1.88 bits per heavy atom. The van der Waals surface area contributed by atoms with Crippen molar-refractivity contribution in [3.05, 3.63) is 41.0 Å². The van der Waals surface area contributed by atoms with Gasteiger partial charge < -0.3 is 4.84 Å². The first-order valence-corrected chi connectivity index (χ1v) is 5.01. The lowest BCUT2D eigenvalue weighted by atomic mass is 10.1. The minimum atomic E-state index is -4.29. The van der Waals surface area contributed by atoms with Gasteiger partial charge in [0.1, 0.15) is 6.61 Å². The zero-order valence-electron chi connectivity index (χ0n) is 9.08. The third-order valence-corrected chi connectivity index (χ3v) is 2.47. The molecule has 0 aliphatic carbocycles. The molecule has 2 rings (SSSR count). The lowest BCUT2D eigenvalue weighted by Gasteiger charge is -2.06. The van der Waals surface area contributed by atoms with Gasteiger partial charge in [-0.25, -0.2) is 0 Å². The van der Waals surface area contributed by atoms with Crippen LogP contribution in [-0.2, 0) is 11.0 Å². The van der Waals surface area contributed by atoms with Gasteiger partial charge in [0.05, 0.1) is 11.3 Å². The number of oxime groups is 1. The highest BCUT2D eigenvalue weighted by atomic mass is 19.4. The fraction of sp³-hybridized carbons (Fsp3) is 0.250. The zero-order chi connectivity index (χ0) is 12.5. The summed E-state index contributed by atoms with van der Waals surface area (Å²) in [6.07, 6.45) is -2.52. The molecule has 1 aromatic rings. The van der Waals surface area contributed by atoms with Crippen molar-refractivity contribution >= 4 is 11.8 Å². The van der Waals surface area contributed by atoms with Crippen LogP contribution in [0.4, 0.5) is 13.2 Å². The highest BCUT2D eigenvalue weighted by Crippen LogP contribution is 2.29. The minimum Gasteiger partial charge on any atom is -0.391 e. The Hall–Kier alpha value is -1.78. The van der Waals surface area contributed by atoms with Crippen LogP contribution in [0, 0.1) is 0 Å². The molecule has 90 valence electrons. The number of halogens is 3. The van der Waals surface area contributed by atoms with E-state index in [4.69, 9.17) is 4.84 Å². The van der Waals surface area contributed by atoms with Crippen molar-refractivity contribution < 1.29 is 18.0 Å². The first-order valence-electron chi connectivity index (χ1n) is 5.01. The lowest BCUT2D eigenvalue weighted by molar-refractivity contribution is -0.137. The molecule has 1 aromatic carbocycles. The summed E-state index contributed by atoms with van der Waals surface area (Å²) in [6.45, 7) is 2.16. The molecule has 0 atom stereocenters. The van der Waals surface area contributed by atoms with Crippen LogP contribution in [0.15, 0.2) is 35.0 Å². The van der Waals surface area contributed by atoms with Crippen molar-refractivity contribution in [2.75, 3.05) is 6.61 Å². The third-order valence-electron chi connectivity index (χ3n) is 2.47. The molecule has 0 fully saturated rings. The summed E-state index contributed by atoms with van der Waals surface area (Å²) in [5.41, 5.74) is 1.69. The van der Waals surface area contributed by atoms with Gasteiger partial charge in [-0.15, -0.1) is 0 Å². The predicted octanol–water partition coefficient (Wildman–Crippen LogP) is 3.49. The zero-order valence-corrected chi connectivity index (χ0v) is 9.08. The number of rotatable bonds is 1. The van der Waals surface area contributed by atoms with Crippen LogP contribution in [0.1, 0.15) is 18.1 Å². The molecule has 0 saturated carbocycles. The Bertz CT molecular complexity index is 472. The van der Waals surface area contributed by atoms with Gasteiger partial charge in [0, 0.05) is 5.57 Å². The van der Waals surface area contributed by atoms with Crippen LogP contribution in [0.5, 0.6) is 0 Å². The van der Waals surface area contributed by atoms with E-state index < -0.39 is 11.7 Å². The van der Waals surface area contributed by atoms with E-state index in [1.54, 1.807) is 13.0 Å². The summed E-state index contributed by atoms with van der Waals surface area (Å²) in [6, 6.07) is 4.99. The van der Waals surface area contributed by atoms with Gasteiger partial charge in [-0.05, 0) is 30.7 Å². The predicted molar refractivity (Wildman–Crippen MR) is 58.5 cm³/mol. The van der Waals surface area contributed by atoms with E-state index in [2.05, 4.69) is 5.16 Å². The van der Waals surface area contributed by atoms with Gasteiger partial charge in [0.2, 0.25) is 0 Å². The topological polar surface area (TPSA) is 21.6 Å². The maximum absolute atomic E-state index is 12.3. The van der Waals surface area contributed by atoms with Crippen molar-refractivity contribution in [1.29, 1.82) is 0 Å². The van der Waals surface area contributed by atoms with Crippen LogP contribution >= 0.6 is 0 Å². The van der Waals surface area contributed by atoms with E-state index in [1.807, 2.05) is 0 Å². The molecule has 0 unspecified atom stereocenters. The van der Waals surface area contributed by atoms with Crippen molar-refractivity contribution in [1.82, 2.24) is 0 Å². The summed E-state index contributed by atoms with van der Waals surface area (Å²) in [5, 5.41) is 3.74. The van der Waals surface area contributed by atoms with Crippen LogP contribution in [0.25, 0.3) is 6.08 Å². The molecule has 0 amide bonds. The molecule has 5 heteroatoms. The summed E-state index contributed by atoms with van der Waals surface area (Å²) in [4.78, 5) is 4.86. The Morgan fingerprint density at radius 1 is 1.24 bits per heavy atom. The summed E-state index contributed by atoms with van der Waals surface area (Å²) < 4.78 is 37.0. The molecule has 17 heavy (non-hydrogen) atoms. The van der Waals surface area contributed by atoms with Crippen molar-refractivity contribution in [3.8, 4) is 0 Å². The second-order valence-corrected chi connectivity index (χ2v) is 3.74. The van der Waals surface area contributed by atoms with Crippen LogP contribution < -0.4 is 0 Å². The van der Waals surface area contributed by atoms with E-state index in [-0.39, 0.29) is 0 Å². The molecule has 1 aliphatic rings. The van der Waals surface area contributed by atoms with E-state index in [0.29, 0.717) is 12.2 Å². The van der Waals surface area contributed by atoms with Crippen LogP contribution in [0.2, 0.25) is 0 Å². The highest BCUT2D eigenvalue weighted by Gasteiger charge is 2.29. The normalized spacial score (nSPS) is 18.1. The minimum absolute atomic E-state index is 0.368. The van der Waals surface area contributed by atoms with Gasteiger partial charge in [0.25, 0.3) is 0 Å². The second kappa shape index (κ2) is 4.24. The maximum Gasteiger partial charge on any atom is 0.416 e. The highest BCUT2D eigenvalue weighted by molar-refractivity contribution is 6.02. The number of hydrogen-bond acceptors (Lipinski definition) is 2. The van der Waals surface area contributed by atoms with Gasteiger partial charge in [-0.1, -0.05) is 17.3 Å². The summed E-state index contributed by atoms with van der Waals surface area (Å²) >= 11 is 0. The largest absolute Gasteiger partial charge is 0.416 e. The van der Waals surface area contributed by atoms with Gasteiger partial charge in [-0.3, -0.25) is 0 Å². The van der Waals surface area contributed by atoms with Gasteiger partial charge >= 0.3 is 6.18 Å². The molecule has 1 heterocycles. The van der Waals surface area contributed by atoms with Gasteiger partial charge in [-0.2, -0.15) is 13.2 Å². The van der Waals surface area contributed by atoms with Crippen molar-refractivity contribution in [2.45, 2.75) is 13.1 Å². The first kappa shape index (κ1) is 11.7. The average Bonchev–Trinajstić information content (AvgIpc) is 2.64. The van der Waals surface area contributed by atoms with Gasteiger partial charge in [0.15, 0.2) is 0 Å². The molecule has 0 N–H and O–H groups in total. The summed E-state index contributed by atoms with van der Waals surface area (Å²) in [7, 11) is 0. The van der Waals surface area contributed by atoms with Crippen LogP contribution in [0.3, 0.4) is 0 Å².